The number of fused-ring (bicyclic) bond motifs is 2. The number of nitrogens with one attached hydrogen (secondary N) is 3. The van der Waals surface area contributed by atoms with Gasteiger partial charge in [0.2, 0.25) is 0 Å². The molecule has 2 amide bonds. The second-order valence-corrected chi connectivity index (χ2v) is 20.9. The Hall–Kier alpha value is -7.92. The Balaban J connectivity index is 1.37. The number of benzene rings is 7. The molecule has 0 spiro atoms. The van der Waals surface area contributed by atoms with Gasteiger partial charge in [-0.3, -0.25) is 24.3 Å². The molecule has 6 aromatic rings. The van der Waals surface area contributed by atoms with Crippen LogP contribution in [0.15, 0.2) is 145 Å². The molecule has 0 saturated carbocycles. The molecule has 0 radical (unpaired) electrons. The monoisotopic (exact) mass is 1030 g/mol. The molecule has 1 heterocycles. The van der Waals surface area contributed by atoms with E-state index in [1.54, 1.807) is 114 Å². The smallest absolute Gasteiger partial charge is 0.417 e. The van der Waals surface area contributed by atoms with Gasteiger partial charge in [0.05, 0.1) is 28.1 Å². The maximum atomic E-state index is 13.4. The third kappa shape index (κ3) is 10.4. The zero-order chi connectivity index (χ0) is 52.0. The van der Waals surface area contributed by atoms with Gasteiger partial charge in [-0.15, -0.1) is 0 Å². The molecule has 1 aliphatic heterocycles. The molecule has 0 saturated heterocycles. The summed E-state index contributed by atoms with van der Waals surface area (Å²) in [5.41, 5.74) is 3.10. The number of para-hydroxylation sites is 2. The molecule has 72 heavy (non-hydrogen) atoms. The Bertz CT molecular complexity index is 3920. The van der Waals surface area contributed by atoms with Gasteiger partial charge >= 0.3 is 12.2 Å². The first-order valence-corrected chi connectivity index (χ1v) is 25.9. The van der Waals surface area contributed by atoms with E-state index in [1.165, 1.54) is 24.3 Å². The largest absolute Gasteiger partial charge is 0.456 e. The lowest BCUT2D eigenvalue weighted by molar-refractivity contribution is 0.214. The minimum Gasteiger partial charge on any atom is -0.456 e. The van der Waals surface area contributed by atoms with E-state index in [0.29, 0.717) is 44.8 Å². The lowest BCUT2D eigenvalue weighted by Crippen LogP contribution is -2.19. The number of carbonyl (C=O) groups is 2. The molecule has 2 aliphatic rings. The summed E-state index contributed by atoms with van der Waals surface area (Å²) in [5.74, 6) is 0.367. The predicted molar refractivity (Wildman–Crippen MR) is 270 cm³/mol. The zero-order valence-electron chi connectivity index (χ0n) is 39.1. The molecule has 21 heteroatoms. The summed E-state index contributed by atoms with van der Waals surface area (Å²) in [6.45, 7) is 10.2. The van der Waals surface area contributed by atoms with Crippen LogP contribution in [0.5, 0.6) is 11.5 Å². The minimum atomic E-state index is -5.22. The van der Waals surface area contributed by atoms with E-state index in [9.17, 15) is 48.5 Å². The van der Waals surface area contributed by atoms with Crippen LogP contribution < -0.4 is 30.8 Å². The quantitative estimate of drug-likeness (QED) is 0.0519. The average Bonchev–Trinajstić information content (AvgIpc) is 3.30. The van der Waals surface area contributed by atoms with Crippen LogP contribution in [0.3, 0.4) is 0 Å². The number of nitrogens with zero attached hydrogens (tertiary/aromatic N) is 1. The molecule has 8 rings (SSSR count). The van der Waals surface area contributed by atoms with Gasteiger partial charge in [-0.1, -0.05) is 66.7 Å². The van der Waals surface area contributed by atoms with Crippen LogP contribution in [-0.4, -0.2) is 51.1 Å². The fraction of sp³-hybridized carbons (Fsp3) is 0.118. The third-order valence-corrected chi connectivity index (χ3v) is 14.3. The van der Waals surface area contributed by atoms with Crippen molar-refractivity contribution in [3.8, 4) is 33.9 Å². The Morgan fingerprint density at radius 2 is 1.03 bits per heavy atom. The topological polar surface area (TPSA) is 277 Å². The first kappa shape index (κ1) is 50.5. The minimum absolute atomic E-state index is 0.165. The van der Waals surface area contributed by atoms with Crippen LogP contribution in [0.4, 0.5) is 38.0 Å². The molecule has 370 valence electrons. The standard InChI is InChI=1S/C51H44N4O14S3/c1-27-21-29(3)48(54-50(56)67-33-15-9-7-10-16-33)31(5)46(27)52-38-25-40-36(23-43(38)71(61,62)63)45(35-19-13-14-20-42(35)70(58,59)60)37-24-44(72(64,65)66)39(26-41(37)69-40)53-47-28(2)22-30(4)49(32(47)6)55-51(57)68-34-17-11-8-12-18-34/h7-26,52H,1-6H3,(H,54,56)(H,55,57)(H,58,59,60)(H,61,62,63)(H,64,65,66). The van der Waals surface area contributed by atoms with E-state index >= 15 is 0 Å². The highest BCUT2D eigenvalue weighted by atomic mass is 32.2. The van der Waals surface area contributed by atoms with Crippen molar-refractivity contribution in [1.82, 2.24) is 0 Å². The summed E-state index contributed by atoms with van der Waals surface area (Å²) in [4.78, 5) is 28.6. The molecule has 6 N–H and O–H groups in total. The van der Waals surface area contributed by atoms with Crippen LogP contribution in [0.2, 0.25) is 0 Å². The van der Waals surface area contributed by atoms with Crippen molar-refractivity contribution in [3.05, 3.63) is 160 Å². The van der Waals surface area contributed by atoms with Crippen LogP contribution in [0.25, 0.3) is 33.4 Å². The molecule has 0 unspecified atom stereocenters. The van der Waals surface area contributed by atoms with Gasteiger partial charge in [-0.05, 0) is 117 Å². The van der Waals surface area contributed by atoms with Gasteiger partial charge in [0.25, 0.3) is 30.4 Å². The Morgan fingerprint density at radius 3 is 1.58 bits per heavy atom. The van der Waals surface area contributed by atoms with E-state index < -0.39 is 57.2 Å². The van der Waals surface area contributed by atoms with Crippen molar-refractivity contribution in [2.24, 2.45) is 4.99 Å². The highest BCUT2D eigenvalue weighted by molar-refractivity contribution is 7.86. The van der Waals surface area contributed by atoms with Crippen LogP contribution >= 0.6 is 0 Å². The number of hydrogen-bond acceptors (Lipinski definition) is 13. The summed E-state index contributed by atoms with van der Waals surface area (Å²) in [7, 11) is -15.5. The highest BCUT2D eigenvalue weighted by Crippen LogP contribution is 2.46. The molecule has 0 atom stereocenters. The number of rotatable bonds is 11. The summed E-state index contributed by atoms with van der Waals surface area (Å²) >= 11 is 0. The fourth-order valence-electron chi connectivity index (χ4n) is 8.54. The number of anilines is 4. The number of aryl methyl sites for hydroxylation is 4. The van der Waals surface area contributed by atoms with Crippen LogP contribution in [-0.2, 0) is 30.4 Å². The van der Waals surface area contributed by atoms with Gasteiger partial charge < -0.3 is 19.2 Å². The Morgan fingerprint density at radius 1 is 0.528 bits per heavy atom. The molecule has 0 bridgehead atoms. The molecule has 6 aromatic carbocycles. The van der Waals surface area contributed by atoms with Crippen molar-refractivity contribution >= 4 is 81.9 Å². The van der Waals surface area contributed by atoms with Gasteiger partial charge in [-0.25, -0.2) is 14.6 Å². The van der Waals surface area contributed by atoms with Crippen LogP contribution in [0, 0.1) is 41.5 Å². The Kier molecular flexibility index (Phi) is 13.6. The number of hydrogen-bond donors (Lipinski definition) is 6. The lowest BCUT2D eigenvalue weighted by Gasteiger charge is -2.22. The first-order valence-electron chi connectivity index (χ1n) is 21.6. The normalized spacial score (nSPS) is 12.2. The second kappa shape index (κ2) is 19.4. The molecular weight excluding hydrogens is 989 g/mol. The lowest BCUT2D eigenvalue weighted by atomic mass is 9.93. The Labute approximate surface area is 413 Å². The summed E-state index contributed by atoms with van der Waals surface area (Å²) in [6, 6.07) is 29.4. The van der Waals surface area contributed by atoms with Gasteiger partial charge in [0, 0.05) is 39.9 Å². The predicted octanol–water partition coefficient (Wildman–Crippen LogP) is 11.0. The number of ether oxygens (including phenoxy) is 2. The first-order chi connectivity index (χ1) is 33.9. The summed E-state index contributed by atoms with van der Waals surface area (Å²) < 4.78 is 129. The van der Waals surface area contributed by atoms with Crippen LogP contribution in [0.1, 0.15) is 33.4 Å². The molecular formula is C51H44N4O14S3. The van der Waals surface area contributed by atoms with Gasteiger partial charge in [0.1, 0.15) is 37.5 Å². The highest BCUT2D eigenvalue weighted by Gasteiger charge is 2.30. The average molecular weight is 1030 g/mol. The van der Waals surface area contributed by atoms with Gasteiger partial charge in [-0.2, -0.15) is 25.3 Å². The molecule has 18 nitrogen and oxygen atoms in total. The van der Waals surface area contributed by atoms with Gasteiger partial charge in [0.15, 0.2) is 0 Å². The van der Waals surface area contributed by atoms with Crippen molar-refractivity contribution in [2.75, 3.05) is 16.0 Å². The van der Waals surface area contributed by atoms with Crippen molar-refractivity contribution in [1.29, 1.82) is 0 Å². The van der Waals surface area contributed by atoms with E-state index in [1.807, 2.05) is 0 Å². The molecule has 1 aliphatic carbocycles. The number of carbonyl (C=O) groups excluding carboxylic acids is 2. The maximum absolute atomic E-state index is 13.4. The molecule has 0 aromatic heterocycles. The summed E-state index contributed by atoms with van der Waals surface area (Å²) in [6.07, 6.45) is -1.64. The zero-order valence-corrected chi connectivity index (χ0v) is 41.5. The second-order valence-electron chi connectivity index (χ2n) is 16.7. The number of amides is 2. The summed E-state index contributed by atoms with van der Waals surface area (Å²) in [5, 5.41) is 7.94. The van der Waals surface area contributed by atoms with Crippen molar-refractivity contribution < 1.29 is 62.4 Å². The SMILES string of the molecule is Cc1cc(C)c(NC(=O)Oc2ccccc2)c(C)c1N=c1cc2oc3cc(Nc4c(C)cc(C)c(NC(=O)Oc5ccccc5)c4C)c(S(=O)(=O)O)cc3c(-c3ccccc3S(=O)(=O)O)c-2cc1S(=O)(=O)O. The van der Waals surface area contributed by atoms with E-state index in [4.69, 9.17) is 18.9 Å². The maximum Gasteiger partial charge on any atom is 0.417 e. The van der Waals surface area contributed by atoms with Crippen molar-refractivity contribution in [3.63, 3.8) is 0 Å². The fourth-order valence-corrected chi connectivity index (χ4v) is 10.5. The van der Waals surface area contributed by atoms with Crippen molar-refractivity contribution in [2.45, 2.75) is 56.2 Å². The van der Waals surface area contributed by atoms with E-state index in [-0.39, 0.29) is 67.3 Å². The van der Waals surface area contributed by atoms with E-state index in [0.717, 1.165) is 24.3 Å². The van der Waals surface area contributed by atoms with E-state index in [2.05, 4.69) is 16.0 Å². The molecule has 0 fully saturated rings. The third-order valence-electron chi connectivity index (χ3n) is 11.6.